The average Bonchev–Trinajstić information content (AvgIpc) is 1.67. The molecule has 0 radical (unpaired) electrons. The van der Waals surface area contributed by atoms with Gasteiger partial charge in [-0.05, 0) is 158 Å². The second kappa shape index (κ2) is 29.0. The van der Waals surface area contributed by atoms with E-state index in [0.29, 0.717) is 23.7 Å². The number of pyridine rings is 6. The third-order valence-corrected chi connectivity index (χ3v) is 20.5. The first-order valence-corrected chi connectivity index (χ1v) is 35.8. The van der Waals surface area contributed by atoms with E-state index >= 15 is 0 Å². The molecule has 0 spiro atoms. The Labute approximate surface area is 588 Å². The Morgan fingerprint density at radius 3 is 1.34 bits per heavy atom. The zero-order valence-corrected chi connectivity index (χ0v) is 58.3. The maximum absolute atomic E-state index is 5.61. The van der Waals surface area contributed by atoms with Gasteiger partial charge in [-0.15, -0.1) is 6.42 Å². The predicted molar refractivity (Wildman–Crippen MR) is 414 cm³/mol. The van der Waals surface area contributed by atoms with Crippen molar-refractivity contribution in [2.45, 2.75) is 117 Å². The summed E-state index contributed by atoms with van der Waals surface area (Å²) in [5.41, 5.74) is 26.9. The van der Waals surface area contributed by atoms with Crippen LogP contribution in [0.4, 0.5) is 17.1 Å². The lowest BCUT2D eigenvalue weighted by Gasteiger charge is -2.14. The van der Waals surface area contributed by atoms with Gasteiger partial charge in [0.25, 0.3) is 0 Å². The van der Waals surface area contributed by atoms with E-state index in [1.165, 1.54) is 96.0 Å². The number of aromatic amines is 3. The molecule has 1 fully saturated rings. The Morgan fingerprint density at radius 1 is 0.455 bits per heavy atom. The monoisotopic (exact) mass is 1330 g/mol. The molecule has 1 aliphatic rings. The van der Waals surface area contributed by atoms with Crippen LogP contribution in [0.15, 0.2) is 214 Å². The van der Waals surface area contributed by atoms with Gasteiger partial charge in [-0.3, -0.25) is 14.4 Å². The van der Waals surface area contributed by atoms with Crippen molar-refractivity contribution in [3.63, 3.8) is 0 Å². The van der Waals surface area contributed by atoms with Crippen LogP contribution in [-0.2, 0) is 19.3 Å². The maximum atomic E-state index is 5.61. The summed E-state index contributed by atoms with van der Waals surface area (Å²) in [7, 11) is 0. The van der Waals surface area contributed by atoms with Crippen molar-refractivity contribution in [2.24, 2.45) is 0 Å². The van der Waals surface area contributed by atoms with Gasteiger partial charge in [0.15, 0.2) is 16.9 Å². The van der Waals surface area contributed by atoms with Gasteiger partial charge in [-0.25, -0.2) is 19.9 Å². The first-order chi connectivity index (χ1) is 49.6. The number of nitrogens with one attached hydrogen (secondary N) is 6. The van der Waals surface area contributed by atoms with Crippen molar-refractivity contribution in [3.05, 3.63) is 259 Å². The van der Waals surface area contributed by atoms with Crippen LogP contribution in [0, 0.1) is 12.3 Å². The third-order valence-electron chi connectivity index (χ3n) is 20.5. The van der Waals surface area contributed by atoms with Gasteiger partial charge >= 0.3 is 0 Å². The average molecular weight is 1330 g/mol. The zero-order chi connectivity index (χ0) is 68.9. The fourth-order valence-electron chi connectivity index (χ4n) is 14.0. The number of terminal acetylenes is 1. The van der Waals surface area contributed by atoms with E-state index in [4.69, 9.17) is 21.4 Å². The van der Waals surface area contributed by atoms with Crippen molar-refractivity contribution < 1.29 is 0 Å². The molecular weight excluding hydrogens is 1250 g/mol. The highest BCUT2D eigenvalue weighted by Gasteiger charge is 2.25. The molecular formula is C85H86N16. The van der Waals surface area contributed by atoms with E-state index in [2.05, 4.69) is 251 Å². The summed E-state index contributed by atoms with van der Waals surface area (Å²) in [6, 6.07) is 42.4. The summed E-state index contributed by atoms with van der Waals surface area (Å²) in [6.45, 7) is 15.9. The number of benzene rings is 3. The number of rotatable bonds is 22. The van der Waals surface area contributed by atoms with Gasteiger partial charge < -0.3 is 44.1 Å². The first-order valence-electron chi connectivity index (χ1n) is 35.8. The van der Waals surface area contributed by atoms with Gasteiger partial charge in [-0.2, -0.15) is 0 Å². The fourth-order valence-corrected chi connectivity index (χ4v) is 14.0. The summed E-state index contributed by atoms with van der Waals surface area (Å²) in [5.74, 6) is 4.65. The van der Waals surface area contributed by atoms with Crippen LogP contribution in [0.5, 0.6) is 0 Å². The summed E-state index contributed by atoms with van der Waals surface area (Å²) in [5, 5.41) is 14.9. The van der Waals surface area contributed by atoms with E-state index in [1.807, 2.05) is 67.6 Å². The standard InChI is InChI=1S/C29H31N5.C28H28N6.C28H27N5/c1-3-19(2)28-17-33-29-27(31-11-10-21-16-32-26-7-5-4-6-25(21)26)13-24(18-34(28)29)23-12-22(14-30-15-23)20-8-9-20;1-3-19(2)25-16-32-28-24(29-12-11-20-15-30-23-9-5-4-8-22(20)23)14-21(18-34(25)28)26-17-31-27-10-6-7-13-33(26)27;1-4-19(3)27-17-32-28-26(30-11-10-21-16-31-25-9-7-6-8-24(21)25)13-23(18-33(27)28)22-12-20(5-2)14-29-15-22/h4-7,12-20,31-32H,3,8-11H2,1-2H3;4-10,13-19,29-30H,3,11-12H2,1-2H3;2,6-9,12-19,30-31H,4,10-11H2,1,3H3. The number of aromatic nitrogens is 13. The molecule has 16 aromatic rings. The van der Waals surface area contributed by atoms with Crippen LogP contribution in [0.25, 0.3) is 88.8 Å². The fraction of sp³-hybridized carbons (Fsp3) is 0.247. The van der Waals surface area contributed by atoms with Gasteiger partial charge in [-0.1, -0.05) is 108 Å². The number of anilines is 3. The van der Waals surface area contributed by atoms with Crippen LogP contribution < -0.4 is 16.0 Å². The number of nitrogens with zero attached hydrogens (tertiary/aromatic N) is 10. The van der Waals surface area contributed by atoms with Crippen LogP contribution in [0.1, 0.15) is 142 Å². The van der Waals surface area contributed by atoms with Crippen LogP contribution in [0.2, 0.25) is 0 Å². The summed E-state index contributed by atoms with van der Waals surface area (Å²) < 4.78 is 8.87. The van der Waals surface area contributed by atoms with Crippen LogP contribution in [0.3, 0.4) is 0 Å². The molecule has 1 saturated carbocycles. The Bertz CT molecular complexity index is 5620. The van der Waals surface area contributed by atoms with Gasteiger partial charge in [0.05, 0.1) is 29.0 Å². The maximum Gasteiger partial charge on any atom is 0.160 e. The molecule has 3 aromatic carbocycles. The van der Waals surface area contributed by atoms with Gasteiger partial charge in [0.2, 0.25) is 0 Å². The molecule has 1 aliphatic carbocycles. The molecule has 16 heteroatoms. The van der Waals surface area contributed by atoms with Crippen molar-refractivity contribution >= 4 is 72.4 Å². The summed E-state index contributed by atoms with van der Waals surface area (Å²) >= 11 is 0. The van der Waals surface area contributed by atoms with E-state index in [-0.39, 0.29) is 0 Å². The molecule has 0 aliphatic heterocycles. The Kier molecular flexibility index (Phi) is 18.7. The normalized spacial score (nSPS) is 13.2. The quantitative estimate of drug-likeness (QED) is 0.0360. The minimum absolute atomic E-state index is 0.407. The molecule has 13 aromatic heterocycles. The minimum Gasteiger partial charge on any atom is -0.382 e. The lowest BCUT2D eigenvalue weighted by Crippen LogP contribution is -2.07. The van der Waals surface area contributed by atoms with Crippen molar-refractivity contribution in [3.8, 4) is 45.9 Å². The predicted octanol–water partition coefficient (Wildman–Crippen LogP) is 19.2. The lowest BCUT2D eigenvalue weighted by molar-refractivity contribution is 0.701. The molecule has 0 bridgehead atoms. The third kappa shape index (κ3) is 13.6. The number of imidazole rings is 4. The smallest absolute Gasteiger partial charge is 0.160 e. The van der Waals surface area contributed by atoms with E-state index < -0.39 is 0 Å². The molecule has 13 heterocycles. The first kappa shape index (κ1) is 65.2. The molecule has 506 valence electrons. The van der Waals surface area contributed by atoms with E-state index in [9.17, 15) is 0 Å². The Balaban J connectivity index is 0.000000123. The second-order valence-corrected chi connectivity index (χ2v) is 27.1. The largest absolute Gasteiger partial charge is 0.382 e. The van der Waals surface area contributed by atoms with Crippen molar-refractivity contribution in [2.75, 3.05) is 35.6 Å². The van der Waals surface area contributed by atoms with Crippen molar-refractivity contribution in [1.82, 2.24) is 62.5 Å². The van der Waals surface area contributed by atoms with E-state index in [1.54, 1.807) is 6.20 Å². The van der Waals surface area contributed by atoms with Gasteiger partial charge in [0.1, 0.15) is 5.65 Å². The highest BCUT2D eigenvalue weighted by Crippen LogP contribution is 2.41. The zero-order valence-electron chi connectivity index (χ0n) is 58.3. The Morgan fingerprint density at radius 2 is 0.881 bits per heavy atom. The number of H-pyrrole nitrogens is 3. The number of hydrogen-bond donors (Lipinski definition) is 6. The van der Waals surface area contributed by atoms with Gasteiger partial charge in [0, 0.05) is 190 Å². The van der Waals surface area contributed by atoms with E-state index in [0.717, 1.165) is 126 Å². The molecule has 3 atom stereocenters. The Hall–Kier alpha value is -11.7. The molecule has 16 nitrogen and oxygen atoms in total. The number of hydrogen-bond acceptors (Lipinski definition) is 9. The second-order valence-electron chi connectivity index (χ2n) is 27.1. The molecule has 0 saturated heterocycles. The summed E-state index contributed by atoms with van der Waals surface area (Å²) in [6.07, 6.45) is 44.7. The molecule has 101 heavy (non-hydrogen) atoms. The highest BCUT2D eigenvalue weighted by molar-refractivity contribution is 5.86. The number of fused-ring (bicyclic) bond motifs is 7. The van der Waals surface area contributed by atoms with Crippen LogP contribution >= 0.6 is 0 Å². The number of para-hydroxylation sites is 3. The minimum atomic E-state index is 0.407. The topological polar surface area (TPSA) is 178 Å². The van der Waals surface area contributed by atoms with Crippen molar-refractivity contribution in [1.29, 1.82) is 0 Å². The molecule has 6 N–H and O–H groups in total. The van der Waals surface area contributed by atoms with Crippen LogP contribution in [-0.4, -0.2) is 82.1 Å². The molecule has 17 rings (SSSR count). The molecule has 0 amide bonds. The molecule has 3 unspecified atom stereocenters. The lowest BCUT2D eigenvalue weighted by atomic mass is 10.0. The highest BCUT2D eigenvalue weighted by atomic mass is 15.1. The SMILES string of the molecule is C#Cc1cncc(-c2cc(NCCc3c[nH]c4ccccc34)c3ncc(C(C)CC)n3c2)c1.CCC(C)c1cnc2c(NCCc3c[nH]c4ccccc34)cc(-c3cnc4ccccn34)cn12.CCC(C)c1cnc2c(NCCc3c[nH]c4ccccc34)cc(-c3cncc(C4CC4)c3)cn12. The summed E-state index contributed by atoms with van der Waals surface area (Å²) in [4.78, 5) is 38.0.